The van der Waals surface area contributed by atoms with Crippen molar-refractivity contribution in [2.24, 2.45) is 0 Å². The third-order valence-corrected chi connectivity index (χ3v) is 8.48. The fraction of sp³-hybridized carbons (Fsp3) is 0.667. The molecule has 0 aliphatic carbocycles. The molecule has 1 aromatic carbocycles. The molecule has 3 atom stereocenters. The van der Waals surface area contributed by atoms with Crippen LogP contribution in [0.4, 0.5) is 0 Å². The van der Waals surface area contributed by atoms with E-state index in [0.717, 1.165) is 56.3 Å². The van der Waals surface area contributed by atoms with E-state index in [4.69, 9.17) is 0 Å². The van der Waals surface area contributed by atoms with Gasteiger partial charge in [-0.15, -0.1) is 0 Å². The van der Waals surface area contributed by atoms with Crippen molar-refractivity contribution in [2.75, 3.05) is 33.2 Å². The van der Waals surface area contributed by atoms with Gasteiger partial charge >= 0.3 is 0 Å². The van der Waals surface area contributed by atoms with Crippen molar-refractivity contribution >= 4 is 22.7 Å². The Morgan fingerprint density at radius 3 is 2.51 bits per heavy atom. The second-order valence-corrected chi connectivity index (χ2v) is 11.1. The van der Waals surface area contributed by atoms with Gasteiger partial charge in [-0.25, -0.2) is 0 Å². The predicted octanol–water partition coefficient (Wildman–Crippen LogP) is 2.90. The van der Waals surface area contributed by atoms with E-state index in [9.17, 15) is 9.59 Å². The topological polar surface area (TPSA) is 73.7 Å². The molecule has 2 amide bonds. The maximum atomic E-state index is 13.3. The summed E-state index contributed by atoms with van der Waals surface area (Å²) in [6.07, 6.45) is 5.52. The van der Waals surface area contributed by atoms with Crippen LogP contribution in [0.2, 0.25) is 0 Å². The number of nitrogens with one attached hydrogen (secondary N) is 1. The maximum absolute atomic E-state index is 13.3. The van der Waals surface area contributed by atoms with Gasteiger partial charge in [0.2, 0.25) is 5.91 Å². The summed E-state index contributed by atoms with van der Waals surface area (Å²) in [6.45, 7) is 9.68. The molecule has 5 rings (SSSR count). The molecule has 8 heteroatoms. The molecular formula is C27H40N6O2. The lowest BCUT2D eigenvalue weighted by Gasteiger charge is -2.40. The monoisotopic (exact) mass is 480 g/mol. The molecule has 190 valence electrons. The number of aromatic nitrogens is 2. The molecule has 3 unspecified atom stereocenters. The summed E-state index contributed by atoms with van der Waals surface area (Å²) in [5.41, 5.74) is 1.56. The zero-order chi connectivity index (χ0) is 24.7. The average Bonchev–Trinajstić information content (AvgIpc) is 3.52. The molecule has 3 aliphatic heterocycles. The number of fused-ring (bicyclic) bond motifs is 3. The standard InChI is InChI=1S/C27H40N6O2/c1-18(2)33-25-8-6-5-7-24(25)26(29-33)27(35)28-20-15-21-9-10-22(16-20)32(21)14-13-30(4)23-11-12-31(17-23)19(3)34/h5-8,18,20-23H,9-17H2,1-4H3,(H,28,35). The fourth-order valence-electron chi connectivity index (χ4n) is 6.50. The minimum Gasteiger partial charge on any atom is -0.348 e. The molecule has 35 heavy (non-hydrogen) atoms. The molecule has 4 heterocycles. The number of rotatable bonds is 7. The van der Waals surface area contributed by atoms with Gasteiger partial charge in [0.1, 0.15) is 0 Å². The van der Waals surface area contributed by atoms with E-state index in [2.05, 4.69) is 41.1 Å². The number of likely N-dealkylation sites (N-methyl/N-ethyl adjacent to an activating group) is 1. The fourth-order valence-corrected chi connectivity index (χ4v) is 6.50. The number of nitrogens with zero attached hydrogens (tertiary/aromatic N) is 5. The number of hydrogen-bond acceptors (Lipinski definition) is 5. The van der Waals surface area contributed by atoms with Gasteiger partial charge < -0.3 is 15.1 Å². The highest BCUT2D eigenvalue weighted by molar-refractivity contribution is 6.05. The molecule has 0 spiro atoms. The third kappa shape index (κ3) is 4.83. The number of hydrogen-bond donors (Lipinski definition) is 1. The first-order valence-corrected chi connectivity index (χ1v) is 13.3. The first kappa shape index (κ1) is 24.3. The van der Waals surface area contributed by atoms with Crippen LogP contribution in [0, 0.1) is 0 Å². The summed E-state index contributed by atoms with van der Waals surface area (Å²) in [7, 11) is 2.20. The van der Waals surface area contributed by atoms with Crippen molar-refractivity contribution in [1.29, 1.82) is 0 Å². The summed E-state index contributed by atoms with van der Waals surface area (Å²) in [5.74, 6) is 0.140. The number of benzene rings is 1. The number of likely N-dealkylation sites (tertiary alicyclic amines) is 1. The minimum absolute atomic E-state index is 0.0468. The lowest BCUT2D eigenvalue weighted by Crippen LogP contribution is -2.52. The molecule has 3 fully saturated rings. The average molecular weight is 481 g/mol. The van der Waals surface area contributed by atoms with Gasteiger partial charge in [-0.3, -0.25) is 19.2 Å². The van der Waals surface area contributed by atoms with Crippen LogP contribution in [0.1, 0.15) is 69.4 Å². The Hall–Kier alpha value is -2.45. The molecule has 8 nitrogen and oxygen atoms in total. The third-order valence-electron chi connectivity index (χ3n) is 8.48. The summed E-state index contributed by atoms with van der Waals surface area (Å²) in [5, 5.41) is 8.95. The van der Waals surface area contributed by atoms with Crippen molar-refractivity contribution in [1.82, 2.24) is 29.8 Å². The maximum Gasteiger partial charge on any atom is 0.272 e. The number of amides is 2. The van der Waals surface area contributed by atoms with Crippen LogP contribution in [0.5, 0.6) is 0 Å². The van der Waals surface area contributed by atoms with E-state index in [0.29, 0.717) is 23.8 Å². The number of para-hydroxylation sites is 1. The van der Waals surface area contributed by atoms with Gasteiger partial charge in [0.05, 0.1) is 5.52 Å². The number of carbonyl (C=O) groups is 2. The molecule has 1 aromatic heterocycles. The molecule has 2 bridgehead atoms. The van der Waals surface area contributed by atoms with Crippen LogP contribution in [0.25, 0.3) is 10.9 Å². The predicted molar refractivity (Wildman–Crippen MR) is 137 cm³/mol. The Balaban J connectivity index is 1.17. The molecular weight excluding hydrogens is 440 g/mol. The first-order valence-electron chi connectivity index (χ1n) is 13.3. The highest BCUT2D eigenvalue weighted by atomic mass is 16.2. The van der Waals surface area contributed by atoms with Gasteiger partial charge in [0.15, 0.2) is 5.69 Å². The van der Waals surface area contributed by atoms with Crippen LogP contribution in [-0.2, 0) is 4.79 Å². The summed E-state index contributed by atoms with van der Waals surface area (Å²) < 4.78 is 1.95. The summed E-state index contributed by atoms with van der Waals surface area (Å²) in [4.78, 5) is 32.0. The SMILES string of the molecule is CC(=O)N1CCC(N(C)CCN2C3CCC2CC(NC(=O)c2nn(C(C)C)c4ccccc24)C3)C1. The lowest BCUT2D eigenvalue weighted by atomic mass is 9.97. The normalized spacial score (nSPS) is 26.9. The Morgan fingerprint density at radius 2 is 1.86 bits per heavy atom. The van der Waals surface area contributed by atoms with E-state index in [1.807, 2.05) is 33.8 Å². The van der Waals surface area contributed by atoms with Gasteiger partial charge in [0.25, 0.3) is 5.91 Å². The minimum atomic E-state index is -0.0468. The smallest absolute Gasteiger partial charge is 0.272 e. The Morgan fingerprint density at radius 1 is 1.14 bits per heavy atom. The quantitative estimate of drug-likeness (QED) is 0.660. The second kappa shape index (κ2) is 9.90. The van der Waals surface area contributed by atoms with Crippen LogP contribution in [0.15, 0.2) is 24.3 Å². The Labute approximate surface area is 208 Å². The van der Waals surface area contributed by atoms with Gasteiger partial charge in [-0.2, -0.15) is 5.10 Å². The van der Waals surface area contributed by atoms with Crippen LogP contribution in [-0.4, -0.2) is 93.7 Å². The number of carbonyl (C=O) groups excluding carboxylic acids is 2. The molecule has 0 saturated carbocycles. The molecule has 0 radical (unpaired) electrons. The van der Waals surface area contributed by atoms with Crippen molar-refractivity contribution in [3.05, 3.63) is 30.0 Å². The Bertz CT molecular complexity index is 1070. The first-order chi connectivity index (χ1) is 16.8. The molecule has 3 saturated heterocycles. The summed E-state index contributed by atoms with van der Waals surface area (Å²) in [6, 6.07) is 9.96. The molecule has 3 aliphatic rings. The van der Waals surface area contributed by atoms with Gasteiger partial charge in [-0.05, 0) is 59.1 Å². The lowest BCUT2D eigenvalue weighted by molar-refractivity contribution is -0.127. The second-order valence-electron chi connectivity index (χ2n) is 11.1. The van der Waals surface area contributed by atoms with E-state index in [1.54, 1.807) is 6.92 Å². The molecule has 1 N–H and O–H groups in total. The van der Waals surface area contributed by atoms with E-state index >= 15 is 0 Å². The zero-order valence-corrected chi connectivity index (χ0v) is 21.6. The largest absolute Gasteiger partial charge is 0.348 e. The van der Waals surface area contributed by atoms with Gasteiger partial charge in [0, 0.05) is 68.7 Å². The van der Waals surface area contributed by atoms with Gasteiger partial charge in [-0.1, -0.05) is 18.2 Å². The Kier molecular flexibility index (Phi) is 6.86. The van der Waals surface area contributed by atoms with Crippen LogP contribution in [0.3, 0.4) is 0 Å². The van der Waals surface area contributed by atoms with Crippen molar-refractivity contribution in [3.8, 4) is 0 Å². The zero-order valence-electron chi connectivity index (χ0n) is 21.6. The van der Waals surface area contributed by atoms with Crippen LogP contribution < -0.4 is 5.32 Å². The summed E-state index contributed by atoms with van der Waals surface area (Å²) >= 11 is 0. The van der Waals surface area contributed by atoms with E-state index in [1.165, 1.54) is 12.8 Å². The van der Waals surface area contributed by atoms with E-state index < -0.39 is 0 Å². The highest BCUT2D eigenvalue weighted by Gasteiger charge is 2.41. The van der Waals surface area contributed by atoms with Crippen molar-refractivity contribution in [3.63, 3.8) is 0 Å². The highest BCUT2D eigenvalue weighted by Crippen LogP contribution is 2.36. The van der Waals surface area contributed by atoms with E-state index in [-0.39, 0.29) is 23.9 Å². The van der Waals surface area contributed by atoms with Crippen molar-refractivity contribution in [2.45, 2.75) is 83.1 Å². The van der Waals surface area contributed by atoms with Crippen LogP contribution >= 0.6 is 0 Å². The molecule has 2 aromatic rings. The number of piperidine rings is 1. The van der Waals surface area contributed by atoms with Crippen molar-refractivity contribution < 1.29 is 9.59 Å².